The third-order valence-corrected chi connectivity index (χ3v) is 3.03. The van der Waals surface area contributed by atoms with Crippen molar-refractivity contribution in [2.45, 2.75) is 19.9 Å². The Balaban J connectivity index is 1.95. The smallest absolute Gasteiger partial charge is 0.246 e. The van der Waals surface area contributed by atoms with Crippen LogP contribution in [0, 0.1) is 11.3 Å². The number of nitrogens with zero attached hydrogens (tertiary/aromatic N) is 4. The number of aryl methyl sites for hydroxylation is 1. The number of hydrogen-bond acceptors (Lipinski definition) is 4. The summed E-state index contributed by atoms with van der Waals surface area (Å²) in [5, 5.41) is 13.8. The number of nitriles is 1. The number of hydrogen-bond donors (Lipinski definition) is 0. The van der Waals surface area contributed by atoms with Gasteiger partial charge in [-0.2, -0.15) is 10.2 Å². The lowest BCUT2D eigenvalue weighted by Crippen LogP contribution is -1.98. The second-order valence-corrected chi connectivity index (χ2v) is 4.29. The molecule has 2 heterocycles. The zero-order valence-electron chi connectivity index (χ0n) is 10.5. The summed E-state index contributed by atoms with van der Waals surface area (Å²) >= 11 is 0. The van der Waals surface area contributed by atoms with Gasteiger partial charge in [0.2, 0.25) is 5.89 Å². The predicted molar refractivity (Wildman–Crippen MR) is 69.4 cm³/mol. The van der Waals surface area contributed by atoms with E-state index in [1.54, 1.807) is 0 Å². The van der Waals surface area contributed by atoms with Crippen molar-refractivity contribution in [2.24, 2.45) is 0 Å². The van der Waals surface area contributed by atoms with E-state index in [0.717, 1.165) is 23.1 Å². The molecule has 0 fully saturated rings. The van der Waals surface area contributed by atoms with Gasteiger partial charge < -0.3 is 9.09 Å². The fourth-order valence-electron chi connectivity index (χ4n) is 2.05. The van der Waals surface area contributed by atoms with Gasteiger partial charge in [0.05, 0.1) is 11.6 Å². The minimum atomic E-state index is 0.544. The van der Waals surface area contributed by atoms with Gasteiger partial charge in [-0.15, -0.1) is 0 Å². The van der Waals surface area contributed by atoms with Crippen molar-refractivity contribution in [3.8, 4) is 6.07 Å². The number of aromatic nitrogens is 3. The molecule has 19 heavy (non-hydrogen) atoms. The van der Waals surface area contributed by atoms with E-state index in [1.807, 2.05) is 42.0 Å². The summed E-state index contributed by atoms with van der Waals surface area (Å²) in [4.78, 5) is 4.29. The zero-order chi connectivity index (χ0) is 13.2. The molecule has 2 aromatic heterocycles. The van der Waals surface area contributed by atoms with Gasteiger partial charge in [0.1, 0.15) is 6.54 Å². The topological polar surface area (TPSA) is 67.6 Å². The van der Waals surface area contributed by atoms with Crippen molar-refractivity contribution >= 4 is 10.9 Å². The SMILES string of the molecule is CCc1noc(Cn2ccc3cc(C#N)ccc32)n1. The maximum absolute atomic E-state index is 8.88. The quantitative estimate of drug-likeness (QED) is 0.718. The van der Waals surface area contributed by atoms with E-state index in [0.29, 0.717) is 18.0 Å². The molecule has 1 aromatic carbocycles. The fraction of sp³-hybridized carbons (Fsp3) is 0.214. The van der Waals surface area contributed by atoms with Crippen LogP contribution >= 0.6 is 0 Å². The average molecular weight is 252 g/mol. The van der Waals surface area contributed by atoms with Crippen molar-refractivity contribution in [1.82, 2.24) is 14.7 Å². The Morgan fingerprint density at radius 3 is 3.00 bits per heavy atom. The molecule has 3 rings (SSSR count). The monoisotopic (exact) mass is 252 g/mol. The third kappa shape index (κ3) is 2.08. The summed E-state index contributed by atoms with van der Waals surface area (Å²) in [6, 6.07) is 9.74. The van der Waals surface area contributed by atoms with Crippen LogP contribution in [-0.2, 0) is 13.0 Å². The molecule has 0 atom stereocenters. The zero-order valence-corrected chi connectivity index (χ0v) is 10.5. The largest absolute Gasteiger partial charge is 0.338 e. The number of rotatable bonds is 3. The maximum Gasteiger partial charge on any atom is 0.246 e. The number of fused-ring (bicyclic) bond motifs is 1. The van der Waals surface area contributed by atoms with Gasteiger partial charge in [0, 0.05) is 23.5 Å². The van der Waals surface area contributed by atoms with Gasteiger partial charge >= 0.3 is 0 Å². The minimum Gasteiger partial charge on any atom is -0.338 e. The molecule has 5 nitrogen and oxygen atoms in total. The second-order valence-electron chi connectivity index (χ2n) is 4.29. The van der Waals surface area contributed by atoms with Crippen LogP contribution in [0.5, 0.6) is 0 Å². The standard InChI is InChI=1S/C14H12N4O/c1-2-13-16-14(19-17-13)9-18-6-5-11-7-10(8-15)3-4-12(11)18/h3-7H,2,9H2,1H3. The number of benzene rings is 1. The van der Waals surface area contributed by atoms with Crippen LogP contribution in [0.3, 0.4) is 0 Å². The van der Waals surface area contributed by atoms with Gasteiger partial charge in [0.15, 0.2) is 5.82 Å². The summed E-state index contributed by atoms with van der Waals surface area (Å²) in [7, 11) is 0. The molecule has 94 valence electrons. The van der Waals surface area contributed by atoms with Crippen LogP contribution in [0.2, 0.25) is 0 Å². The van der Waals surface area contributed by atoms with Crippen molar-refractivity contribution < 1.29 is 4.52 Å². The van der Waals surface area contributed by atoms with E-state index in [9.17, 15) is 0 Å². The van der Waals surface area contributed by atoms with Gasteiger partial charge in [-0.1, -0.05) is 12.1 Å². The first-order chi connectivity index (χ1) is 9.30. The lowest BCUT2D eigenvalue weighted by Gasteiger charge is -2.01. The van der Waals surface area contributed by atoms with Crippen LogP contribution in [0.1, 0.15) is 24.2 Å². The molecule has 0 saturated heterocycles. The molecule has 0 N–H and O–H groups in total. The highest BCUT2D eigenvalue weighted by molar-refractivity contribution is 5.81. The summed E-state index contributed by atoms with van der Waals surface area (Å²) in [5.41, 5.74) is 1.71. The highest BCUT2D eigenvalue weighted by atomic mass is 16.5. The Morgan fingerprint density at radius 1 is 1.37 bits per heavy atom. The van der Waals surface area contributed by atoms with Crippen LogP contribution in [0.25, 0.3) is 10.9 Å². The highest BCUT2D eigenvalue weighted by Gasteiger charge is 2.08. The molecule has 0 amide bonds. The van der Waals surface area contributed by atoms with Gasteiger partial charge in [-0.3, -0.25) is 0 Å². The summed E-state index contributed by atoms with van der Waals surface area (Å²) in [5.74, 6) is 1.32. The van der Waals surface area contributed by atoms with E-state index in [2.05, 4.69) is 16.2 Å². The molecule has 0 saturated carbocycles. The Labute approximate surface area is 110 Å². The van der Waals surface area contributed by atoms with Crippen LogP contribution in [-0.4, -0.2) is 14.7 Å². The van der Waals surface area contributed by atoms with E-state index in [1.165, 1.54) is 0 Å². The van der Waals surface area contributed by atoms with Gasteiger partial charge in [0.25, 0.3) is 0 Å². The normalized spacial score (nSPS) is 10.7. The average Bonchev–Trinajstić information content (AvgIpc) is 3.06. The Morgan fingerprint density at radius 2 is 2.26 bits per heavy atom. The fourth-order valence-corrected chi connectivity index (χ4v) is 2.05. The predicted octanol–water partition coefficient (Wildman–Crippen LogP) is 2.51. The molecular formula is C14H12N4O. The van der Waals surface area contributed by atoms with Crippen molar-refractivity contribution in [2.75, 3.05) is 0 Å². The Bertz CT molecular complexity index is 763. The maximum atomic E-state index is 8.88. The lowest BCUT2D eigenvalue weighted by atomic mass is 10.2. The summed E-state index contributed by atoms with van der Waals surface area (Å²) < 4.78 is 7.22. The van der Waals surface area contributed by atoms with E-state index < -0.39 is 0 Å². The Kier molecular flexibility index (Phi) is 2.76. The first kappa shape index (κ1) is 11.5. The second kappa shape index (κ2) is 4.58. The van der Waals surface area contributed by atoms with Crippen LogP contribution < -0.4 is 0 Å². The van der Waals surface area contributed by atoms with Crippen molar-refractivity contribution in [3.63, 3.8) is 0 Å². The molecule has 0 unspecified atom stereocenters. The van der Waals surface area contributed by atoms with Crippen molar-refractivity contribution in [3.05, 3.63) is 47.7 Å². The Hall–Kier alpha value is -2.61. The van der Waals surface area contributed by atoms with Crippen LogP contribution in [0.4, 0.5) is 0 Å². The van der Waals surface area contributed by atoms with Crippen molar-refractivity contribution in [1.29, 1.82) is 5.26 Å². The van der Waals surface area contributed by atoms with E-state index in [4.69, 9.17) is 9.78 Å². The molecule has 0 radical (unpaired) electrons. The minimum absolute atomic E-state index is 0.544. The molecule has 0 aliphatic rings. The summed E-state index contributed by atoms with van der Waals surface area (Å²) in [6.45, 7) is 2.53. The molecule has 5 heteroatoms. The van der Waals surface area contributed by atoms with E-state index >= 15 is 0 Å². The highest BCUT2D eigenvalue weighted by Crippen LogP contribution is 2.18. The molecule has 3 aromatic rings. The summed E-state index contributed by atoms with van der Waals surface area (Å²) in [6.07, 6.45) is 2.73. The van der Waals surface area contributed by atoms with Crippen LogP contribution in [0.15, 0.2) is 35.0 Å². The van der Waals surface area contributed by atoms with E-state index in [-0.39, 0.29) is 0 Å². The third-order valence-electron chi connectivity index (χ3n) is 3.03. The molecule has 0 aliphatic carbocycles. The first-order valence-corrected chi connectivity index (χ1v) is 6.10. The first-order valence-electron chi connectivity index (χ1n) is 6.10. The lowest BCUT2D eigenvalue weighted by molar-refractivity contribution is 0.368. The molecule has 0 bridgehead atoms. The molecular weight excluding hydrogens is 240 g/mol. The van der Waals surface area contributed by atoms with Gasteiger partial charge in [-0.25, -0.2) is 0 Å². The molecule has 0 aliphatic heterocycles. The van der Waals surface area contributed by atoms with Gasteiger partial charge in [-0.05, 0) is 24.3 Å². The molecule has 0 spiro atoms.